The number of ether oxygens (including phenoxy) is 1. The Morgan fingerprint density at radius 3 is 1.89 bits per heavy atom. The molecular weight excluding hydrogens is 260 g/mol. The van der Waals surface area contributed by atoms with Crippen LogP contribution in [-0.4, -0.2) is 12.9 Å². The van der Waals surface area contributed by atoms with E-state index in [2.05, 4.69) is 0 Å². The minimum atomic E-state index is -0.230. The third kappa shape index (κ3) is 3.15. The van der Waals surface area contributed by atoms with Crippen LogP contribution in [-0.2, 0) is 0 Å². The fourth-order valence-electron chi connectivity index (χ4n) is 1.85. The monoisotopic (exact) mass is 274 g/mol. The first-order valence-corrected chi connectivity index (χ1v) is 6.44. The van der Waals surface area contributed by atoms with Crippen LogP contribution in [0.4, 0.5) is 0 Å². The molecule has 0 aliphatic rings. The van der Waals surface area contributed by atoms with Crippen molar-refractivity contribution >= 4 is 17.4 Å². The predicted octanol–water partition coefficient (Wildman–Crippen LogP) is 4.23. The number of methoxy groups -OCH3 is 1. The number of carbonyl (C=O) groups is 1. The number of halogens is 1. The summed E-state index contributed by atoms with van der Waals surface area (Å²) in [6, 6.07) is 15.0. The lowest BCUT2D eigenvalue weighted by Gasteiger charge is -2.11. The van der Waals surface area contributed by atoms with Crippen molar-refractivity contribution in [2.24, 2.45) is 0 Å². The molecule has 0 spiro atoms. The van der Waals surface area contributed by atoms with Crippen molar-refractivity contribution in [1.82, 2.24) is 0 Å². The topological polar surface area (TPSA) is 26.3 Å². The molecule has 0 radical (unpaired) electrons. The smallest absolute Gasteiger partial charge is 0.159 e. The lowest BCUT2D eigenvalue weighted by atomic mass is 10.0. The van der Waals surface area contributed by atoms with Gasteiger partial charge in [0.25, 0.3) is 0 Å². The van der Waals surface area contributed by atoms with Gasteiger partial charge in [-0.05, 0) is 30.2 Å². The van der Waals surface area contributed by atoms with Gasteiger partial charge in [-0.3, -0.25) is 4.79 Å². The first-order valence-electron chi connectivity index (χ1n) is 6.00. The molecule has 1 atom stereocenters. The molecule has 2 aromatic rings. The van der Waals surface area contributed by atoms with E-state index in [0.29, 0.717) is 5.56 Å². The molecule has 98 valence electrons. The average Bonchev–Trinajstić information content (AvgIpc) is 2.46. The second-order valence-electron chi connectivity index (χ2n) is 4.31. The molecule has 0 saturated heterocycles. The number of hydrogen-bond donors (Lipinski definition) is 0. The fourth-order valence-corrected chi connectivity index (χ4v) is 2.14. The van der Waals surface area contributed by atoms with Crippen LogP contribution in [0.1, 0.15) is 33.8 Å². The van der Waals surface area contributed by atoms with Crippen molar-refractivity contribution < 1.29 is 9.53 Å². The third-order valence-electron chi connectivity index (χ3n) is 3.02. The van der Waals surface area contributed by atoms with E-state index in [4.69, 9.17) is 16.3 Å². The quantitative estimate of drug-likeness (QED) is 0.616. The Bertz CT molecular complexity index is 558. The maximum absolute atomic E-state index is 11.2. The number of hydrogen-bond acceptors (Lipinski definition) is 2. The minimum Gasteiger partial charge on any atom is -0.497 e. The summed E-state index contributed by atoms with van der Waals surface area (Å²) in [5, 5.41) is -0.230. The molecule has 0 saturated carbocycles. The number of rotatable bonds is 4. The van der Waals surface area contributed by atoms with Crippen LogP contribution < -0.4 is 4.74 Å². The molecule has 0 fully saturated rings. The summed E-state index contributed by atoms with van der Waals surface area (Å²) in [5.41, 5.74) is 2.66. The Hall–Kier alpha value is -1.80. The molecule has 0 heterocycles. The number of Topliss-reactive ketones (excluding diaryl/α,β-unsaturated/α-hetero) is 1. The van der Waals surface area contributed by atoms with E-state index < -0.39 is 0 Å². The molecule has 0 bridgehead atoms. The Morgan fingerprint density at radius 1 is 1.00 bits per heavy atom. The number of ketones is 1. The standard InChI is InChI=1S/C16H15ClO2/c1-11(18)12-3-5-13(6-4-12)16(17)14-7-9-15(19-2)10-8-14/h3-10,16H,1-2H3. The first kappa shape index (κ1) is 13.6. The number of alkyl halides is 1. The molecule has 0 aromatic heterocycles. The SMILES string of the molecule is COc1ccc(C(Cl)c2ccc(C(C)=O)cc2)cc1. The van der Waals surface area contributed by atoms with Gasteiger partial charge in [0, 0.05) is 5.56 Å². The van der Waals surface area contributed by atoms with Crippen LogP contribution in [0.5, 0.6) is 5.75 Å². The number of benzene rings is 2. The van der Waals surface area contributed by atoms with Gasteiger partial charge in [-0.15, -0.1) is 11.6 Å². The number of carbonyl (C=O) groups excluding carboxylic acids is 1. The second-order valence-corrected chi connectivity index (χ2v) is 4.75. The van der Waals surface area contributed by atoms with Gasteiger partial charge in [0.15, 0.2) is 5.78 Å². The predicted molar refractivity (Wildman–Crippen MR) is 77.1 cm³/mol. The first-order chi connectivity index (χ1) is 9.11. The maximum Gasteiger partial charge on any atom is 0.159 e. The highest BCUT2D eigenvalue weighted by Crippen LogP contribution is 2.30. The molecule has 3 heteroatoms. The van der Waals surface area contributed by atoms with Gasteiger partial charge >= 0.3 is 0 Å². The molecule has 1 unspecified atom stereocenters. The Balaban J connectivity index is 2.22. The molecule has 0 amide bonds. The lowest BCUT2D eigenvalue weighted by Crippen LogP contribution is -1.96. The summed E-state index contributed by atoms with van der Waals surface area (Å²) < 4.78 is 5.12. The van der Waals surface area contributed by atoms with Gasteiger partial charge < -0.3 is 4.74 Å². The van der Waals surface area contributed by atoms with Crippen LogP contribution in [0.25, 0.3) is 0 Å². The Kier molecular flexibility index (Phi) is 4.23. The zero-order chi connectivity index (χ0) is 13.8. The van der Waals surface area contributed by atoms with Crippen LogP contribution >= 0.6 is 11.6 Å². The van der Waals surface area contributed by atoms with E-state index in [0.717, 1.165) is 16.9 Å². The van der Waals surface area contributed by atoms with E-state index in [1.54, 1.807) is 26.2 Å². The van der Waals surface area contributed by atoms with Crippen molar-refractivity contribution in [2.75, 3.05) is 7.11 Å². The van der Waals surface area contributed by atoms with Gasteiger partial charge in [0.2, 0.25) is 0 Å². The molecular formula is C16H15ClO2. The fraction of sp³-hybridized carbons (Fsp3) is 0.188. The summed E-state index contributed by atoms with van der Waals surface area (Å²) in [6.45, 7) is 1.55. The third-order valence-corrected chi connectivity index (χ3v) is 3.52. The van der Waals surface area contributed by atoms with Crippen LogP contribution in [0.3, 0.4) is 0 Å². The van der Waals surface area contributed by atoms with Crippen molar-refractivity contribution in [1.29, 1.82) is 0 Å². The normalized spacial score (nSPS) is 11.9. The summed E-state index contributed by atoms with van der Waals surface area (Å²) in [5.74, 6) is 0.863. The van der Waals surface area contributed by atoms with E-state index in [9.17, 15) is 4.79 Å². The largest absolute Gasteiger partial charge is 0.497 e. The summed E-state index contributed by atoms with van der Waals surface area (Å²) in [6.07, 6.45) is 0. The van der Waals surface area contributed by atoms with Crippen molar-refractivity contribution in [3.8, 4) is 5.75 Å². The molecule has 19 heavy (non-hydrogen) atoms. The highest BCUT2D eigenvalue weighted by Gasteiger charge is 2.11. The summed E-state index contributed by atoms with van der Waals surface area (Å²) in [7, 11) is 1.63. The highest BCUT2D eigenvalue weighted by molar-refractivity contribution is 6.22. The van der Waals surface area contributed by atoms with Gasteiger partial charge in [0.05, 0.1) is 12.5 Å². The van der Waals surface area contributed by atoms with Crippen molar-refractivity contribution in [3.63, 3.8) is 0 Å². The summed E-state index contributed by atoms with van der Waals surface area (Å²) >= 11 is 6.43. The van der Waals surface area contributed by atoms with Crippen LogP contribution in [0.15, 0.2) is 48.5 Å². The molecule has 2 rings (SSSR count). The van der Waals surface area contributed by atoms with Gasteiger partial charge in [-0.1, -0.05) is 36.4 Å². The van der Waals surface area contributed by atoms with E-state index in [1.165, 1.54) is 0 Å². The maximum atomic E-state index is 11.2. The molecule has 0 aliphatic carbocycles. The molecule has 0 N–H and O–H groups in total. The van der Waals surface area contributed by atoms with Crippen LogP contribution in [0.2, 0.25) is 0 Å². The average molecular weight is 275 g/mol. The molecule has 2 aromatic carbocycles. The Morgan fingerprint density at radius 2 is 1.47 bits per heavy atom. The van der Waals surface area contributed by atoms with Crippen LogP contribution in [0, 0.1) is 0 Å². The van der Waals surface area contributed by atoms with Crippen molar-refractivity contribution in [2.45, 2.75) is 12.3 Å². The Labute approximate surface area is 118 Å². The van der Waals surface area contributed by atoms with Gasteiger partial charge in [-0.2, -0.15) is 0 Å². The van der Waals surface area contributed by atoms with E-state index in [-0.39, 0.29) is 11.2 Å². The van der Waals surface area contributed by atoms with Gasteiger partial charge in [-0.25, -0.2) is 0 Å². The highest BCUT2D eigenvalue weighted by atomic mass is 35.5. The van der Waals surface area contributed by atoms with E-state index >= 15 is 0 Å². The molecule has 0 aliphatic heterocycles. The zero-order valence-corrected chi connectivity index (χ0v) is 11.6. The van der Waals surface area contributed by atoms with Gasteiger partial charge in [0.1, 0.15) is 5.75 Å². The molecule has 2 nitrogen and oxygen atoms in total. The zero-order valence-electron chi connectivity index (χ0n) is 10.9. The summed E-state index contributed by atoms with van der Waals surface area (Å²) in [4.78, 5) is 11.2. The van der Waals surface area contributed by atoms with Crippen molar-refractivity contribution in [3.05, 3.63) is 65.2 Å². The second kappa shape index (κ2) is 5.89. The lowest BCUT2D eigenvalue weighted by molar-refractivity contribution is 0.101. The minimum absolute atomic E-state index is 0.0575. The van der Waals surface area contributed by atoms with E-state index in [1.807, 2.05) is 36.4 Å².